The molecule has 32 heavy (non-hydrogen) atoms. The monoisotopic (exact) mass is 461 g/mol. The number of hydrogen-bond donors (Lipinski definition) is 2. The standard InChI is InChI=1S/C22H27N3O6S/c1-16(26)23-18-4-3-5-19(15-18)24-22(27)9-6-17-14-20(7-8-21(17)30-2)32(28,29)25-10-12-31-13-11-25/h3-5,7-8,14-15H,6,9-13H2,1-2H3,(H,23,26)(H,24,27). The number of aryl methyl sites for hydroxylation is 1. The Kier molecular flexibility index (Phi) is 7.84. The average Bonchev–Trinajstić information content (AvgIpc) is 2.78. The molecule has 0 atom stereocenters. The van der Waals surface area contributed by atoms with Crippen molar-refractivity contribution in [1.29, 1.82) is 0 Å². The zero-order valence-electron chi connectivity index (χ0n) is 18.1. The van der Waals surface area contributed by atoms with Gasteiger partial charge in [0.2, 0.25) is 21.8 Å². The molecule has 0 unspecified atom stereocenters. The van der Waals surface area contributed by atoms with Gasteiger partial charge in [0.15, 0.2) is 0 Å². The molecule has 2 N–H and O–H groups in total. The third-order valence-electron chi connectivity index (χ3n) is 4.95. The molecule has 1 saturated heterocycles. The van der Waals surface area contributed by atoms with Gasteiger partial charge in [-0.05, 0) is 48.4 Å². The summed E-state index contributed by atoms with van der Waals surface area (Å²) in [6, 6.07) is 11.5. The summed E-state index contributed by atoms with van der Waals surface area (Å²) in [5.41, 5.74) is 1.76. The van der Waals surface area contributed by atoms with Crippen molar-refractivity contribution >= 4 is 33.2 Å². The lowest BCUT2D eigenvalue weighted by molar-refractivity contribution is -0.116. The zero-order valence-corrected chi connectivity index (χ0v) is 18.9. The molecule has 1 fully saturated rings. The molecule has 2 aromatic rings. The van der Waals surface area contributed by atoms with Crippen molar-refractivity contribution in [2.45, 2.75) is 24.7 Å². The maximum atomic E-state index is 12.9. The summed E-state index contributed by atoms with van der Waals surface area (Å²) in [6.07, 6.45) is 0.425. The van der Waals surface area contributed by atoms with Gasteiger partial charge < -0.3 is 20.1 Å². The molecule has 1 aliphatic heterocycles. The molecule has 3 rings (SSSR count). The van der Waals surface area contributed by atoms with Crippen molar-refractivity contribution in [3.8, 4) is 5.75 Å². The van der Waals surface area contributed by atoms with Gasteiger partial charge in [-0.15, -0.1) is 0 Å². The molecule has 9 nitrogen and oxygen atoms in total. The van der Waals surface area contributed by atoms with Gasteiger partial charge in [-0.1, -0.05) is 6.07 Å². The molecule has 172 valence electrons. The van der Waals surface area contributed by atoms with Crippen LogP contribution < -0.4 is 15.4 Å². The van der Waals surface area contributed by atoms with Gasteiger partial charge in [-0.25, -0.2) is 8.42 Å². The number of ether oxygens (including phenoxy) is 2. The van der Waals surface area contributed by atoms with E-state index in [0.29, 0.717) is 55.4 Å². The maximum absolute atomic E-state index is 12.9. The highest BCUT2D eigenvalue weighted by Gasteiger charge is 2.27. The van der Waals surface area contributed by atoms with Crippen LogP contribution in [-0.4, -0.2) is 58.0 Å². The predicted octanol–water partition coefficient (Wildman–Crippen LogP) is 2.25. The molecular weight excluding hydrogens is 434 g/mol. The van der Waals surface area contributed by atoms with Gasteiger partial charge >= 0.3 is 0 Å². The summed E-state index contributed by atoms with van der Waals surface area (Å²) in [6.45, 7) is 2.76. The van der Waals surface area contributed by atoms with Crippen molar-refractivity contribution in [1.82, 2.24) is 4.31 Å². The lowest BCUT2D eigenvalue weighted by Crippen LogP contribution is -2.40. The zero-order chi connectivity index (χ0) is 23.1. The van der Waals surface area contributed by atoms with Crippen molar-refractivity contribution in [2.24, 2.45) is 0 Å². The Morgan fingerprint density at radius 3 is 2.41 bits per heavy atom. The fourth-order valence-electron chi connectivity index (χ4n) is 3.40. The minimum absolute atomic E-state index is 0.127. The van der Waals surface area contributed by atoms with E-state index in [1.807, 2.05) is 0 Å². The second-order valence-electron chi connectivity index (χ2n) is 7.30. The number of hydrogen-bond acceptors (Lipinski definition) is 6. The third-order valence-corrected chi connectivity index (χ3v) is 6.84. The smallest absolute Gasteiger partial charge is 0.243 e. The second kappa shape index (κ2) is 10.6. The summed E-state index contributed by atoms with van der Waals surface area (Å²) in [7, 11) is -2.15. The highest BCUT2D eigenvalue weighted by molar-refractivity contribution is 7.89. The van der Waals surface area contributed by atoms with Crippen LogP contribution in [0.15, 0.2) is 47.4 Å². The van der Waals surface area contributed by atoms with Crippen molar-refractivity contribution in [2.75, 3.05) is 44.0 Å². The first-order valence-corrected chi connectivity index (χ1v) is 11.7. The van der Waals surface area contributed by atoms with E-state index in [1.165, 1.54) is 24.4 Å². The van der Waals surface area contributed by atoms with E-state index in [-0.39, 0.29) is 23.1 Å². The summed E-state index contributed by atoms with van der Waals surface area (Å²) in [4.78, 5) is 23.8. The predicted molar refractivity (Wildman–Crippen MR) is 120 cm³/mol. The number of methoxy groups -OCH3 is 1. The van der Waals surface area contributed by atoms with E-state index in [4.69, 9.17) is 9.47 Å². The molecule has 1 heterocycles. The molecule has 0 radical (unpaired) electrons. The molecule has 10 heteroatoms. The van der Waals surface area contributed by atoms with Crippen LogP contribution in [0.3, 0.4) is 0 Å². The maximum Gasteiger partial charge on any atom is 0.243 e. The molecule has 0 saturated carbocycles. The summed E-state index contributed by atoms with van der Waals surface area (Å²) in [5.74, 6) is 0.0762. The van der Waals surface area contributed by atoms with Crippen LogP contribution in [0.25, 0.3) is 0 Å². The van der Waals surface area contributed by atoms with Crippen molar-refractivity contribution in [3.05, 3.63) is 48.0 Å². The van der Waals surface area contributed by atoms with Gasteiger partial charge in [0.1, 0.15) is 5.75 Å². The molecule has 0 bridgehead atoms. The molecule has 2 aromatic carbocycles. The van der Waals surface area contributed by atoms with Gasteiger partial charge in [-0.2, -0.15) is 4.31 Å². The number of nitrogens with one attached hydrogen (secondary N) is 2. The molecule has 0 aromatic heterocycles. The van der Waals surface area contributed by atoms with Gasteiger partial charge in [0.05, 0.1) is 25.2 Å². The van der Waals surface area contributed by atoms with E-state index < -0.39 is 10.0 Å². The van der Waals surface area contributed by atoms with E-state index in [2.05, 4.69) is 10.6 Å². The second-order valence-corrected chi connectivity index (χ2v) is 9.24. The molecule has 0 aliphatic carbocycles. The number of nitrogens with zero attached hydrogens (tertiary/aromatic N) is 1. The Morgan fingerprint density at radius 1 is 1.06 bits per heavy atom. The average molecular weight is 462 g/mol. The first kappa shape index (κ1) is 23.7. The molecule has 2 amide bonds. The number of sulfonamides is 1. The minimum Gasteiger partial charge on any atom is -0.496 e. The third kappa shape index (κ3) is 6.06. The van der Waals surface area contributed by atoms with E-state index >= 15 is 0 Å². The Hall–Kier alpha value is -2.95. The molecule has 0 spiro atoms. The Labute approximate surface area is 187 Å². The topological polar surface area (TPSA) is 114 Å². The van der Waals surface area contributed by atoms with Gasteiger partial charge in [-0.3, -0.25) is 9.59 Å². The Morgan fingerprint density at radius 2 is 1.75 bits per heavy atom. The molecule has 1 aliphatic rings. The largest absolute Gasteiger partial charge is 0.496 e. The summed E-state index contributed by atoms with van der Waals surface area (Å²) in [5, 5.41) is 5.45. The lowest BCUT2D eigenvalue weighted by atomic mass is 10.1. The quantitative estimate of drug-likeness (QED) is 0.623. The number of carbonyl (C=O) groups excluding carboxylic acids is 2. The number of carbonyl (C=O) groups is 2. The van der Waals surface area contributed by atoms with Crippen molar-refractivity contribution < 1.29 is 27.5 Å². The Balaban J connectivity index is 1.69. The van der Waals surface area contributed by atoms with Crippen LogP contribution in [0.2, 0.25) is 0 Å². The highest BCUT2D eigenvalue weighted by Crippen LogP contribution is 2.26. The van der Waals surface area contributed by atoms with Crippen molar-refractivity contribution in [3.63, 3.8) is 0 Å². The number of benzene rings is 2. The van der Waals surface area contributed by atoms with Crippen LogP contribution in [-0.2, 0) is 30.8 Å². The summed E-state index contributed by atoms with van der Waals surface area (Å²) < 4.78 is 37.9. The summed E-state index contributed by atoms with van der Waals surface area (Å²) >= 11 is 0. The normalized spacial score (nSPS) is 14.6. The molecular formula is C22H27N3O6S. The number of morpholine rings is 1. The number of rotatable bonds is 8. The Bertz CT molecular complexity index is 1080. The highest BCUT2D eigenvalue weighted by atomic mass is 32.2. The van der Waals surface area contributed by atoms with Crippen LogP contribution in [0.1, 0.15) is 18.9 Å². The van der Waals surface area contributed by atoms with Crippen LogP contribution in [0.5, 0.6) is 5.75 Å². The van der Waals surface area contributed by atoms with Crippen LogP contribution >= 0.6 is 0 Å². The first-order chi connectivity index (χ1) is 15.3. The van der Waals surface area contributed by atoms with Gasteiger partial charge in [0, 0.05) is 37.8 Å². The van der Waals surface area contributed by atoms with E-state index in [9.17, 15) is 18.0 Å². The van der Waals surface area contributed by atoms with E-state index in [0.717, 1.165) is 0 Å². The number of amides is 2. The van der Waals surface area contributed by atoms with Crippen LogP contribution in [0.4, 0.5) is 11.4 Å². The number of anilines is 2. The fourth-order valence-corrected chi connectivity index (χ4v) is 4.86. The lowest BCUT2D eigenvalue weighted by Gasteiger charge is -2.26. The SMILES string of the molecule is COc1ccc(S(=O)(=O)N2CCOCC2)cc1CCC(=O)Nc1cccc(NC(C)=O)c1. The fraction of sp³-hybridized carbons (Fsp3) is 0.364. The van der Waals surface area contributed by atoms with Gasteiger partial charge in [0.25, 0.3) is 0 Å². The minimum atomic E-state index is -3.65. The van der Waals surface area contributed by atoms with E-state index in [1.54, 1.807) is 36.4 Å². The van der Waals surface area contributed by atoms with Crippen LogP contribution in [0, 0.1) is 0 Å². The first-order valence-electron chi connectivity index (χ1n) is 10.2.